The van der Waals surface area contributed by atoms with Crippen LogP contribution in [0.1, 0.15) is 55.0 Å². The molecule has 1 aromatic heterocycles. The van der Waals surface area contributed by atoms with Crippen LogP contribution in [0.25, 0.3) is 0 Å². The number of rotatable bonds is 10. The van der Waals surface area contributed by atoms with E-state index in [2.05, 4.69) is 16.0 Å². The molecule has 28 heavy (non-hydrogen) atoms. The van der Waals surface area contributed by atoms with Gasteiger partial charge in [-0.05, 0) is 32.3 Å². The normalized spacial score (nSPS) is 15.0. The average Bonchev–Trinajstić information content (AvgIpc) is 2.93. The van der Waals surface area contributed by atoms with Gasteiger partial charge in [-0.1, -0.05) is 19.3 Å². The van der Waals surface area contributed by atoms with Gasteiger partial charge in [-0.15, -0.1) is 0 Å². The van der Waals surface area contributed by atoms with E-state index in [4.69, 9.17) is 9.47 Å². The number of nitriles is 1. The number of carbonyl (C=O) groups is 1. The first kappa shape index (κ1) is 22.4. The van der Waals surface area contributed by atoms with Gasteiger partial charge in [0.1, 0.15) is 11.9 Å². The van der Waals surface area contributed by atoms with Crippen molar-refractivity contribution < 1.29 is 14.3 Å². The number of hydrogen-bond donors (Lipinski definition) is 1. The van der Waals surface area contributed by atoms with E-state index in [1.807, 2.05) is 18.7 Å². The fourth-order valence-corrected chi connectivity index (χ4v) is 3.97. The van der Waals surface area contributed by atoms with Crippen molar-refractivity contribution in [1.29, 1.82) is 5.26 Å². The molecule has 1 aliphatic rings. The predicted octanol–water partition coefficient (Wildman–Crippen LogP) is 3.02. The number of ether oxygens (including phenoxy) is 2. The number of methoxy groups -OCH3 is 2. The summed E-state index contributed by atoms with van der Waals surface area (Å²) in [7, 11) is 3.30. The molecule has 0 unspecified atom stereocenters. The van der Waals surface area contributed by atoms with Crippen molar-refractivity contribution in [2.24, 2.45) is 0 Å². The summed E-state index contributed by atoms with van der Waals surface area (Å²) in [4.78, 5) is 14.8. The van der Waals surface area contributed by atoms with Crippen LogP contribution >= 0.6 is 0 Å². The summed E-state index contributed by atoms with van der Waals surface area (Å²) in [6, 6.07) is 2.65. The molecule has 0 spiro atoms. The molecular formula is C21H34N4O3. The number of nitrogens with one attached hydrogen (secondary N) is 1. The molecule has 7 nitrogen and oxygen atoms in total. The molecule has 1 heterocycles. The Morgan fingerprint density at radius 3 is 2.32 bits per heavy atom. The lowest BCUT2D eigenvalue weighted by atomic mass is 9.95. The Morgan fingerprint density at radius 2 is 1.79 bits per heavy atom. The summed E-state index contributed by atoms with van der Waals surface area (Å²) in [5, 5.41) is 12.8. The van der Waals surface area contributed by atoms with Gasteiger partial charge < -0.3 is 19.4 Å². The second-order valence-electron chi connectivity index (χ2n) is 7.52. The summed E-state index contributed by atoms with van der Waals surface area (Å²) in [5.41, 5.74) is 2.62. The Balaban J connectivity index is 2.19. The first-order valence-corrected chi connectivity index (χ1v) is 10.1. The highest BCUT2D eigenvalue weighted by Gasteiger charge is 2.26. The van der Waals surface area contributed by atoms with E-state index in [0.717, 1.165) is 24.1 Å². The lowest BCUT2D eigenvalue weighted by Crippen LogP contribution is -2.38. The van der Waals surface area contributed by atoms with Crippen LogP contribution in [0.2, 0.25) is 0 Å². The molecule has 0 saturated heterocycles. The van der Waals surface area contributed by atoms with Crippen molar-refractivity contribution in [3.8, 4) is 6.07 Å². The first-order valence-electron chi connectivity index (χ1n) is 10.1. The zero-order chi connectivity index (χ0) is 20.5. The second-order valence-corrected chi connectivity index (χ2v) is 7.52. The van der Waals surface area contributed by atoms with Crippen LogP contribution in [0, 0.1) is 25.2 Å². The number of nitrogens with zero attached hydrogens (tertiary/aromatic N) is 3. The quantitative estimate of drug-likeness (QED) is 0.664. The minimum atomic E-state index is -0.113. The molecule has 0 bridgehead atoms. The zero-order valence-electron chi connectivity index (χ0n) is 17.7. The fraction of sp³-hybridized carbons (Fsp3) is 0.714. The standard InChI is InChI=1S/C21H34N4O3/c1-16-17(2)25(18-8-6-5-7-9-18)21(19(16)14-22)23-20(26)15-24(10-12-27-3)11-13-28-4/h18H,5-13,15H2,1-4H3,(H,23,26). The molecule has 7 heteroatoms. The van der Waals surface area contributed by atoms with Crippen LogP contribution in [-0.4, -0.2) is 62.4 Å². The van der Waals surface area contributed by atoms with Crippen LogP contribution in [-0.2, 0) is 14.3 Å². The van der Waals surface area contributed by atoms with Crippen molar-refractivity contribution in [1.82, 2.24) is 9.47 Å². The van der Waals surface area contributed by atoms with Crippen molar-refractivity contribution in [3.05, 3.63) is 16.8 Å². The van der Waals surface area contributed by atoms with E-state index in [1.165, 1.54) is 19.3 Å². The van der Waals surface area contributed by atoms with Gasteiger partial charge in [0.2, 0.25) is 5.91 Å². The number of amides is 1. The molecule has 1 fully saturated rings. The van der Waals surface area contributed by atoms with Crippen molar-refractivity contribution >= 4 is 11.7 Å². The molecule has 0 radical (unpaired) electrons. The number of hydrogen-bond acceptors (Lipinski definition) is 5. The van der Waals surface area contributed by atoms with Crippen LogP contribution in [0.4, 0.5) is 5.82 Å². The SMILES string of the molecule is COCCN(CCOC)CC(=O)Nc1c(C#N)c(C)c(C)n1C1CCCCC1. The summed E-state index contributed by atoms with van der Waals surface area (Å²) < 4.78 is 12.5. The maximum Gasteiger partial charge on any atom is 0.239 e. The van der Waals surface area contributed by atoms with Crippen molar-refractivity contribution in [2.45, 2.75) is 52.0 Å². The molecule has 156 valence electrons. The molecule has 1 N–H and O–H groups in total. The molecule has 1 aliphatic carbocycles. The van der Waals surface area contributed by atoms with E-state index in [1.54, 1.807) is 14.2 Å². The summed E-state index contributed by atoms with van der Waals surface area (Å²) >= 11 is 0. The van der Waals surface area contributed by atoms with E-state index in [0.29, 0.717) is 43.7 Å². The van der Waals surface area contributed by atoms with E-state index >= 15 is 0 Å². The number of carbonyl (C=O) groups excluding carboxylic acids is 1. The maximum absolute atomic E-state index is 12.8. The lowest BCUT2D eigenvalue weighted by Gasteiger charge is -2.27. The molecule has 0 aromatic carbocycles. The average molecular weight is 391 g/mol. The zero-order valence-corrected chi connectivity index (χ0v) is 17.7. The molecule has 1 saturated carbocycles. The van der Waals surface area contributed by atoms with Gasteiger partial charge in [-0.2, -0.15) is 5.26 Å². The Labute approximate surface area is 168 Å². The minimum Gasteiger partial charge on any atom is -0.383 e. The molecule has 0 atom stereocenters. The predicted molar refractivity (Wildman–Crippen MR) is 110 cm³/mol. The molecule has 1 aromatic rings. The minimum absolute atomic E-state index is 0.113. The largest absolute Gasteiger partial charge is 0.383 e. The van der Waals surface area contributed by atoms with Gasteiger partial charge in [-0.25, -0.2) is 0 Å². The fourth-order valence-electron chi connectivity index (χ4n) is 3.97. The second kappa shape index (κ2) is 11.2. The van der Waals surface area contributed by atoms with Crippen LogP contribution in [0.5, 0.6) is 0 Å². The van der Waals surface area contributed by atoms with Crippen molar-refractivity contribution in [3.63, 3.8) is 0 Å². The maximum atomic E-state index is 12.8. The van der Waals surface area contributed by atoms with Crippen LogP contribution in [0.3, 0.4) is 0 Å². The Bertz CT molecular complexity index is 679. The molecule has 1 amide bonds. The summed E-state index contributed by atoms with van der Waals surface area (Å²) in [6.07, 6.45) is 5.83. The summed E-state index contributed by atoms with van der Waals surface area (Å²) in [6.45, 7) is 6.66. The van der Waals surface area contributed by atoms with Crippen LogP contribution < -0.4 is 5.32 Å². The Hall–Kier alpha value is -1.88. The molecule has 0 aliphatic heterocycles. The summed E-state index contributed by atoms with van der Waals surface area (Å²) in [5.74, 6) is 0.547. The third-order valence-electron chi connectivity index (χ3n) is 5.66. The van der Waals surface area contributed by atoms with Gasteiger partial charge in [-0.3, -0.25) is 9.69 Å². The van der Waals surface area contributed by atoms with E-state index < -0.39 is 0 Å². The van der Waals surface area contributed by atoms with Gasteiger partial charge in [0.15, 0.2) is 0 Å². The van der Waals surface area contributed by atoms with Crippen molar-refractivity contribution in [2.75, 3.05) is 52.4 Å². The monoisotopic (exact) mass is 390 g/mol. The molecule has 2 rings (SSSR count). The Morgan fingerprint density at radius 1 is 1.18 bits per heavy atom. The van der Waals surface area contributed by atoms with Gasteiger partial charge >= 0.3 is 0 Å². The van der Waals surface area contributed by atoms with Gasteiger partial charge in [0, 0.05) is 39.0 Å². The highest BCUT2D eigenvalue weighted by atomic mass is 16.5. The highest BCUT2D eigenvalue weighted by molar-refractivity contribution is 5.93. The topological polar surface area (TPSA) is 79.5 Å². The van der Waals surface area contributed by atoms with Crippen LogP contribution in [0.15, 0.2) is 0 Å². The highest BCUT2D eigenvalue weighted by Crippen LogP contribution is 2.36. The Kier molecular flexibility index (Phi) is 8.97. The van der Waals surface area contributed by atoms with Gasteiger partial charge in [0.05, 0.1) is 25.3 Å². The number of aromatic nitrogens is 1. The molecular weight excluding hydrogens is 356 g/mol. The number of anilines is 1. The third-order valence-corrected chi connectivity index (χ3v) is 5.66. The first-order chi connectivity index (χ1) is 13.5. The van der Waals surface area contributed by atoms with Gasteiger partial charge in [0.25, 0.3) is 0 Å². The van der Waals surface area contributed by atoms with E-state index in [-0.39, 0.29) is 12.5 Å². The third kappa shape index (κ3) is 5.57. The van der Waals surface area contributed by atoms with E-state index in [9.17, 15) is 10.1 Å². The lowest BCUT2D eigenvalue weighted by molar-refractivity contribution is -0.117. The smallest absolute Gasteiger partial charge is 0.239 e.